The molecule has 28 heavy (non-hydrogen) atoms. The molecule has 0 radical (unpaired) electrons. The number of aryl methyl sites for hydroxylation is 2. The second-order valence-electron chi connectivity index (χ2n) is 7.72. The highest BCUT2D eigenvalue weighted by Crippen LogP contribution is 2.60. The quantitative estimate of drug-likeness (QED) is 0.340. The first-order valence-electron chi connectivity index (χ1n) is 9.72. The molecule has 0 amide bonds. The predicted octanol–water partition coefficient (Wildman–Crippen LogP) is 4.62. The van der Waals surface area contributed by atoms with Crippen LogP contribution in [0.25, 0.3) is 0 Å². The molecule has 0 fully saturated rings. The van der Waals surface area contributed by atoms with Crippen molar-refractivity contribution in [1.29, 1.82) is 0 Å². The molecule has 6 rings (SSSR count). The molecule has 0 spiro atoms. The summed E-state index contributed by atoms with van der Waals surface area (Å²) in [4.78, 5) is 0. The summed E-state index contributed by atoms with van der Waals surface area (Å²) in [5.74, 6) is -0.845. The highest BCUT2D eigenvalue weighted by Gasteiger charge is 2.44. The van der Waals surface area contributed by atoms with Gasteiger partial charge in [-0.1, -0.05) is 26.0 Å². The number of hydrogen-bond acceptors (Lipinski definition) is 4. The van der Waals surface area contributed by atoms with E-state index in [4.69, 9.17) is 0 Å². The first-order valence-corrected chi connectivity index (χ1v) is 9.72. The Labute approximate surface area is 163 Å². The Kier molecular flexibility index (Phi) is 3.45. The molecule has 4 N–H and O–H groups in total. The molecule has 0 aliphatic heterocycles. The maximum absolute atomic E-state index is 10.2. The van der Waals surface area contributed by atoms with Crippen molar-refractivity contribution in [1.82, 2.24) is 0 Å². The fourth-order valence-corrected chi connectivity index (χ4v) is 5.20. The van der Waals surface area contributed by atoms with Crippen molar-refractivity contribution in [3.05, 3.63) is 80.9 Å². The summed E-state index contributed by atoms with van der Waals surface area (Å²) >= 11 is 0. The Morgan fingerprint density at radius 1 is 0.571 bits per heavy atom. The molecular weight excluding hydrogens is 352 g/mol. The third-order valence-electron chi connectivity index (χ3n) is 6.41. The van der Waals surface area contributed by atoms with Crippen molar-refractivity contribution < 1.29 is 20.4 Å². The first-order chi connectivity index (χ1) is 13.5. The zero-order valence-electron chi connectivity index (χ0n) is 15.8. The standard InChI is InChI=1S/C24H22O4/c1-3-11-5-6-12(4-2)22-21(11)23-13-7-17(25)19(27)9-15(13)24(22)16-10-20(28)18(26)8-14(16)23/h5-10,23-28H,3-4H2,1-2H3. The molecule has 142 valence electrons. The number of phenols is 4. The normalized spacial score (nSPS) is 18.5. The van der Waals surface area contributed by atoms with Crippen molar-refractivity contribution in [2.24, 2.45) is 0 Å². The van der Waals surface area contributed by atoms with Crippen LogP contribution in [0.5, 0.6) is 23.0 Å². The Morgan fingerprint density at radius 2 is 0.857 bits per heavy atom. The van der Waals surface area contributed by atoms with E-state index in [1.807, 2.05) is 0 Å². The van der Waals surface area contributed by atoms with Gasteiger partial charge in [0, 0.05) is 11.8 Å². The zero-order valence-corrected chi connectivity index (χ0v) is 15.8. The van der Waals surface area contributed by atoms with Crippen LogP contribution >= 0.6 is 0 Å². The summed E-state index contributed by atoms with van der Waals surface area (Å²) < 4.78 is 0. The molecular formula is C24H22O4. The molecule has 4 heteroatoms. The lowest BCUT2D eigenvalue weighted by atomic mass is 9.59. The molecule has 0 saturated heterocycles. The van der Waals surface area contributed by atoms with Crippen molar-refractivity contribution in [3.63, 3.8) is 0 Å². The third-order valence-corrected chi connectivity index (χ3v) is 6.41. The second-order valence-corrected chi connectivity index (χ2v) is 7.72. The molecule has 4 nitrogen and oxygen atoms in total. The minimum absolute atomic E-state index is 0.137. The average molecular weight is 374 g/mol. The van der Waals surface area contributed by atoms with E-state index >= 15 is 0 Å². The van der Waals surface area contributed by atoms with Gasteiger partial charge in [0.1, 0.15) is 0 Å². The third kappa shape index (κ3) is 2.00. The van der Waals surface area contributed by atoms with E-state index in [-0.39, 0.29) is 34.8 Å². The van der Waals surface area contributed by atoms with Crippen LogP contribution in [0.15, 0.2) is 36.4 Å². The van der Waals surface area contributed by atoms with Crippen LogP contribution in [0.4, 0.5) is 0 Å². The Morgan fingerprint density at radius 3 is 1.11 bits per heavy atom. The number of aromatic hydroxyl groups is 4. The molecule has 2 bridgehead atoms. The molecule has 3 aromatic carbocycles. The summed E-state index contributed by atoms with van der Waals surface area (Å²) in [6.07, 6.45) is 1.77. The van der Waals surface area contributed by atoms with Crippen LogP contribution in [-0.4, -0.2) is 20.4 Å². The van der Waals surface area contributed by atoms with Gasteiger partial charge < -0.3 is 20.4 Å². The van der Waals surface area contributed by atoms with Gasteiger partial charge >= 0.3 is 0 Å². The SMILES string of the molecule is CCc1ccc(CC)c2c1C1c3cc(O)c(O)cc3C2c2cc(O)c(O)cc21. The van der Waals surface area contributed by atoms with Gasteiger partial charge in [-0.25, -0.2) is 0 Å². The average Bonchev–Trinajstić information content (AvgIpc) is 2.68. The minimum Gasteiger partial charge on any atom is -0.504 e. The Hall–Kier alpha value is -3.14. The van der Waals surface area contributed by atoms with Gasteiger partial charge in [0.2, 0.25) is 0 Å². The largest absolute Gasteiger partial charge is 0.504 e. The van der Waals surface area contributed by atoms with Crippen LogP contribution in [-0.2, 0) is 12.8 Å². The lowest BCUT2D eigenvalue weighted by Gasteiger charge is -2.44. The molecule has 0 atom stereocenters. The summed E-state index contributed by atoms with van der Waals surface area (Å²) in [6.45, 7) is 4.27. The highest BCUT2D eigenvalue weighted by atomic mass is 16.3. The molecule has 0 aromatic heterocycles. The zero-order chi connectivity index (χ0) is 19.7. The first kappa shape index (κ1) is 17.0. The number of hydrogen-bond donors (Lipinski definition) is 4. The lowest BCUT2D eigenvalue weighted by molar-refractivity contribution is 0.399. The number of benzene rings is 3. The minimum atomic E-state index is -0.149. The van der Waals surface area contributed by atoms with Crippen LogP contribution in [0.1, 0.15) is 70.2 Å². The number of rotatable bonds is 2. The van der Waals surface area contributed by atoms with E-state index in [1.54, 1.807) is 24.3 Å². The Balaban J connectivity index is 1.94. The highest BCUT2D eigenvalue weighted by molar-refractivity contribution is 5.73. The van der Waals surface area contributed by atoms with E-state index in [1.165, 1.54) is 22.3 Å². The molecule has 3 aliphatic carbocycles. The molecule has 3 aliphatic rings. The van der Waals surface area contributed by atoms with Crippen LogP contribution in [0.2, 0.25) is 0 Å². The molecule has 0 unspecified atom stereocenters. The number of phenolic OH excluding ortho intramolecular Hbond substituents is 4. The topological polar surface area (TPSA) is 80.9 Å². The summed E-state index contributed by atoms with van der Waals surface area (Å²) in [5.41, 5.74) is 8.78. The maximum Gasteiger partial charge on any atom is 0.157 e. The van der Waals surface area contributed by atoms with Gasteiger partial charge in [-0.2, -0.15) is 0 Å². The fourth-order valence-electron chi connectivity index (χ4n) is 5.20. The fraction of sp³-hybridized carbons (Fsp3) is 0.250. The van der Waals surface area contributed by atoms with Crippen molar-refractivity contribution in [2.45, 2.75) is 38.5 Å². The monoisotopic (exact) mass is 374 g/mol. The van der Waals surface area contributed by atoms with Gasteiger partial charge in [0.25, 0.3) is 0 Å². The van der Waals surface area contributed by atoms with Crippen molar-refractivity contribution in [2.75, 3.05) is 0 Å². The summed E-state index contributed by atoms with van der Waals surface area (Å²) in [6, 6.07) is 11.0. The molecule has 0 saturated carbocycles. The van der Waals surface area contributed by atoms with E-state index in [0.717, 1.165) is 35.1 Å². The smallest absolute Gasteiger partial charge is 0.157 e. The van der Waals surface area contributed by atoms with Gasteiger partial charge in [-0.3, -0.25) is 0 Å². The lowest BCUT2D eigenvalue weighted by Crippen LogP contribution is -2.29. The van der Waals surface area contributed by atoms with E-state index in [9.17, 15) is 20.4 Å². The summed E-state index contributed by atoms with van der Waals surface area (Å²) in [5, 5.41) is 40.7. The Bertz CT molecular complexity index is 998. The molecule has 3 aromatic rings. The van der Waals surface area contributed by atoms with Gasteiger partial charge in [-0.05, 0) is 81.6 Å². The predicted molar refractivity (Wildman–Crippen MR) is 107 cm³/mol. The summed E-state index contributed by atoms with van der Waals surface area (Å²) in [7, 11) is 0. The van der Waals surface area contributed by atoms with E-state index in [2.05, 4.69) is 26.0 Å². The van der Waals surface area contributed by atoms with E-state index < -0.39 is 0 Å². The van der Waals surface area contributed by atoms with Gasteiger partial charge in [0.05, 0.1) is 0 Å². The van der Waals surface area contributed by atoms with E-state index in [0.29, 0.717) is 0 Å². The van der Waals surface area contributed by atoms with Crippen molar-refractivity contribution in [3.8, 4) is 23.0 Å². The van der Waals surface area contributed by atoms with Crippen LogP contribution < -0.4 is 0 Å². The molecule has 0 heterocycles. The van der Waals surface area contributed by atoms with Gasteiger partial charge in [0.15, 0.2) is 23.0 Å². The van der Waals surface area contributed by atoms with Crippen LogP contribution in [0, 0.1) is 0 Å². The second kappa shape index (κ2) is 5.68. The van der Waals surface area contributed by atoms with Crippen LogP contribution in [0.3, 0.4) is 0 Å². The van der Waals surface area contributed by atoms with Gasteiger partial charge in [-0.15, -0.1) is 0 Å². The maximum atomic E-state index is 10.2. The van der Waals surface area contributed by atoms with Crippen molar-refractivity contribution >= 4 is 0 Å².